The van der Waals surface area contributed by atoms with Crippen LogP contribution in [0.15, 0.2) is 66.9 Å². The van der Waals surface area contributed by atoms with Crippen molar-refractivity contribution in [3.8, 4) is 0 Å². The second kappa shape index (κ2) is 8.26. The van der Waals surface area contributed by atoms with Crippen molar-refractivity contribution in [1.29, 1.82) is 0 Å². The number of anilines is 1. The minimum absolute atomic E-state index is 0.881. The SMILES string of the molecule is CN1CCCc2cc(/C=C/c3cccc[n+]3Cc3ccc(I)cc3)ccc21. The first-order valence-corrected chi connectivity index (χ1v) is 10.5. The molecule has 27 heavy (non-hydrogen) atoms. The topological polar surface area (TPSA) is 7.12 Å². The molecule has 2 heterocycles. The zero-order valence-corrected chi connectivity index (χ0v) is 17.8. The first-order valence-electron chi connectivity index (χ1n) is 9.44. The molecule has 0 saturated carbocycles. The van der Waals surface area contributed by atoms with E-state index in [1.54, 1.807) is 0 Å². The molecule has 0 aliphatic carbocycles. The number of aromatic nitrogens is 1. The van der Waals surface area contributed by atoms with E-state index in [0.717, 1.165) is 13.1 Å². The van der Waals surface area contributed by atoms with Crippen LogP contribution in [0.4, 0.5) is 5.69 Å². The third-order valence-electron chi connectivity index (χ3n) is 5.14. The van der Waals surface area contributed by atoms with E-state index in [-0.39, 0.29) is 0 Å². The Labute approximate surface area is 175 Å². The van der Waals surface area contributed by atoms with E-state index < -0.39 is 0 Å². The van der Waals surface area contributed by atoms with Crippen LogP contribution in [0.3, 0.4) is 0 Å². The fraction of sp³-hybridized carbons (Fsp3) is 0.208. The number of hydrogen-bond acceptors (Lipinski definition) is 1. The second-order valence-electron chi connectivity index (χ2n) is 7.13. The highest BCUT2D eigenvalue weighted by Crippen LogP contribution is 2.27. The number of rotatable bonds is 4. The summed E-state index contributed by atoms with van der Waals surface area (Å²) in [7, 11) is 2.19. The molecule has 0 fully saturated rings. The van der Waals surface area contributed by atoms with Crippen molar-refractivity contribution in [2.24, 2.45) is 0 Å². The summed E-state index contributed by atoms with van der Waals surface area (Å²) in [6.07, 6.45) is 9.03. The first kappa shape index (κ1) is 18.2. The van der Waals surface area contributed by atoms with Crippen LogP contribution in [0.2, 0.25) is 0 Å². The Hall–Kier alpha value is -2.14. The maximum Gasteiger partial charge on any atom is 0.205 e. The Morgan fingerprint density at radius 3 is 2.74 bits per heavy atom. The quantitative estimate of drug-likeness (QED) is 0.379. The summed E-state index contributed by atoms with van der Waals surface area (Å²) >= 11 is 2.35. The summed E-state index contributed by atoms with van der Waals surface area (Å²) in [5.41, 5.74) is 6.65. The molecule has 3 aromatic rings. The van der Waals surface area contributed by atoms with Crippen LogP contribution >= 0.6 is 22.6 Å². The molecule has 0 saturated heterocycles. The lowest BCUT2D eigenvalue weighted by molar-refractivity contribution is -0.690. The van der Waals surface area contributed by atoms with Gasteiger partial charge >= 0.3 is 0 Å². The molecule has 1 aromatic heterocycles. The number of pyridine rings is 1. The van der Waals surface area contributed by atoms with Gasteiger partial charge in [0.2, 0.25) is 5.69 Å². The molecule has 136 valence electrons. The van der Waals surface area contributed by atoms with Gasteiger partial charge in [-0.2, -0.15) is 4.57 Å². The number of aryl methyl sites for hydroxylation is 1. The Morgan fingerprint density at radius 1 is 1.04 bits per heavy atom. The normalized spacial score (nSPS) is 13.8. The van der Waals surface area contributed by atoms with Gasteiger partial charge in [-0.25, -0.2) is 0 Å². The molecule has 1 aliphatic heterocycles. The fourth-order valence-corrected chi connectivity index (χ4v) is 4.02. The maximum absolute atomic E-state index is 2.36. The van der Waals surface area contributed by atoms with E-state index in [1.165, 1.54) is 44.5 Å². The van der Waals surface area contributed by atoms with Gasteiger partial charge in [0.05, 0.1) is 0 Å². The van der Waals surface area contributed by atoms with Crippen LogP contribution in [0.5, 0.6) is 0 Å². The molecule has 0 radical (unpaired) electrons. The highest BCUT2D eigenvalue weighted by Gasteiger charge is 2.13. The van der Waals surface area contributed by atoms with Crippen molar-refractivity contribution in [3.63, 3.8) is 0 Å². The molecule has 0 N–H and O–H groups in total. The van der Waals surface area contributed by atoms with Crippen LogP contribution in [0, 0.1) is 3.57 Å². The molecule has 0 atom stereocenters. The Bertz CT molecular complexity index is 960. The van der Waals surface area contributed by atoms with Gasteiger partial charge in [-0.3, -0.25) is 0 Å². The lowest BCUT2D eigenvalue weighted by atomic mass is 9.99. The monoisotopic (exact) mass is 467 g/mol. The van der Waals surface area contributed by atoms with Crippen molar-refractivity contribution in [1.82, 2.24) is 0 Å². The van der Waals surface area contributed by atoms with E-state index >= 15 is 0 Å². The number of fused-ring (bicyclic) bond motifs is 1. The van der Waals surface area contributed by atoms with Crippen LogP contribution < -0.4 is 9.47 Å². The fourth-order valence-electron chi connectivity index (χ4n) is 3.66. The summed E-state index contributed by atoms with van der Waals surface area (Å²) in [6, 6.07) is 21.9. The van der Waals surface area contributed by atoms with Gasteiger partial charge in [-0.05, 0) is 83.0 Å². The van der Waals surface area contributed by atoms with Crippen molar-refractivity contribution >= 4 is 40.4 Å². The zero-order valence-electron chi connectivity index (χ0n) is 15.6. The van der Waals surface area contributed by atoms with Gasteiger partial charge in [0, 0.05) is 46.6 Å². The molecule has 2 nitrogen and oxygen atoms in total. The number of halogens is 1. The summed E-state index contributed by atoms with van der Waals surface area (Å²) in [5.74, 6) is 0. The predicted octanol–water partition coefficient (Wildman–Crippen LogP) is 5.18. The molecule has 0 amide bonds. The largest absolute Gasteiger partial charge is 0.374 e. The van der Waals surface area contributed by atoms with Crippen LogP contribution in [0.25, 0.3) is 12.2 Å². The summed E-state index contributed by atoms with van der Waals surface area (Å²) in [6.45, 7) is 2.04. The van der Waals surface area contributed by atoms with E-state index in [2.05, 4.69) is 118 Å². The van der Waals surface area contributed by atoms with Gasteiger partial charge < -0.3 is 4.90 Å². The lowest BCUT2D eigenvalue weighted by Crippen LogP contribution is -2.36. The predicted molar refractivity (Wildman–Crippen MR) is 122 cm³/mol. The average Bonchev–Trinajstić information content (AvgIpc) is 2.69. The third kappa shape index (κ3) is 4.41. The van der Waals surface area contributed by atoms with E-state index in [9.17, 15) is 0 Å². The number of hydrogen-bond donors (Lipinski definition) is 0. The van der Waals surface area contributed by atoms with Gasteiger partial charge in [0.25, 0.3) is 0 Å². The lowest BCUT2D eigenvalue weighted by Gasteiger charge is -2.27. The smallest absolute Gasteiger partial charge is 0.205 e. The van der Waals surface area contributed by atoms with Crippen molar-refractivity contribution < 1.29 is 4.57 Å². The summed E-state index contributed by atoms with van der Waals surface area (Å²) in [4.78, 5) is 2.36. The van der Waals surface area contributed by atoms with Crippen molar-refractivity contribution in [2.45, 2.75) is 19.4 Å². The molecule has 4 rings (SSSR count). The molecular weight excluding hydrogens is 443 g/mol. The summed E-state index contributed by atoms with van der Waals surface area (Å²) in [5, 5.41) is 0. The van der Waals surface area contributed by atoms with E-state index in [0.29, 0.717) is 0 Å². The van der Waals surface area contributed by atoms with Crippen molar-refractivity contribution in [3.05, 3.63) is 92.8 Å². The maximum atomic E-state index is 2.36. The van der Waals surface area contributed by atoms with Gasteiger partial charge in [0.15, 0.2) is 12.7 Å². The minimum Gasteiger partial charge on any atom is -0.374 e. The molecule has 0 unspecified atom stereocenters. The second-order valence-corrected chi connectivity index (χ2v) is 8.37. The van der Waals surface area contributed by atoms with E-state index in [4.69, 9.17) is 0 Å². The first-order chi connectivity index (χ1) is 13.2. The van der Waals surface area contributed by atoms with E-state index in [1.807, 2.05) is 0 Å². The Kier molecular flexibility index (Phi) is 5.58. The Balaban J connectivity index is 1.57. The van der Waals surface area contributed by atoms with Crippen molar-refractivity contribution in [2.75, 3.05) is 18.5 Å². The zero-order chi connectivity index (χ0) is 18.6. The van der Waals surface area contributed by atoms with Crippen LogP contribution in [-0.2, 0) is 13.0 Å². The van der Waals surface area contributed by atoms with Crippen LogP contribution in [0.1, 0.15) is 28.8 Å². The standard InChI is InChI=1S/C24H24IN2/c1-26-15-4-5-21-17-19(10-14-24(21)26)9-13-23-6-2-3-16-27(23)18-20-7-11-22(25)12-8-20/h2-3,6-14,16-17H,4-5,15,18H2,1H3/q+1. The number of nitrogens with zero attached hydrogens (tertiary/aromatic N) is 2. The molecular formula is C24H24IN2+. The average molecular weight is 467 g/mol. The molecule has 0 bridgehead atoms. The molecule has 3 heteroatoms. The highest BCUT2D eigenvalue weighted by molar-refractivity contribution is 14.1. The minimum atomic E-state index is 0.881. The highest BCUT2D eigenvalue weighted by atomic mass is 127. The van der Waals surface area contributed by atoms with Crippen LogP contribution in [-0.4, -0.2) is 13.6 Å². The third-order valence-corrected chi connectivity index (χ3v) is 5.86. The molecule has 1 aliphatic rings. The van der Waals surface area contributed by atoms with Gasteiger partial charge in [-0.15, -0.1) is 0 Å². The number of benzene rings is 2. The van der Waals surface area contributed by atoms with Gasteiger partial charge in [-0.1, -0.05) is 18.2 Å². The molecule has 2 aromatic carbocycles. The Morgan fingerprint density at radius 2 is 1.89 bits per heavy atom. The van der Waals surface area contributed by atoms with Gasteiger partial charge in [0.1, 0.15) is 0 Å². The summed E-state index contributed by atoms with van der Waals surface area (Å²) < 4.78 is 3.57. The molecule has 0 spiro atoms.